The number of hydrogen-bond donors (Lipinski definition) is 2. The van der Waals surface area contributed by atoms with E-state index < -0.39 is 0 Å². The minimum absolute atomic E-state index is 0.0382. The van der Waals surface area contributed by atoms with Crippen LogP contribution in [0.3, 0.4) is 0 Å². The Kier molecular flexibility index (Phi) is 5.17. The van der Waals surface area contributed by atoms with Gasteiger partial charge in [-0.1, -0.05) is 43.7 Å². The molecule has 0 saturated heterocycles. The van der Waals surface area contributed by atoms with E-state index in [-0.39, 0.29) is 5.91 Å². The molecule has 0 aliphatic rings. The molecule has 0 unspecified atom stereocenters. The molecule has 0 aliphatic heterocycles. The molecular weight excluding hydrogens is 252 g/mol. The van der Waals surface area contributed by atoms with Crippen LogP contribution in [-0.2, 0) is 11.2 Å². The Morgan fingerprint density at radius 1 is 1.35 bits per heavy atom. The number of anilines is 1. The minimum atomic E-state index is -0.0382. The van der Waals surface area contributed by atoms with Crippen molar-refractivity contribution in [3.8, 4) is 0 Å². The van der Waals surface area contributed by atoms with Crippen LogP contribution < -0.4 is 10.4 Å². The molecule has 1 aromatic heterocycles. The first-order chi connectivity index (χ1) is 9.79. The summed E-state index contributed by atoms with van der Waals surface area (Å²) >= 11 is 0. The molecule has 0 saturated carbocycles. The Hall–Kier alpha value is -2.30. The van der Waals surface area contributed by atoms with Gasteiger partial charge in [0.15, 0.2) is 0 Å². The van der Waals surface area contributed by atoms with E-state index in [1.54, 1.807) is 17.4 Å². The van der Waals surface area contributed by atoms with E-state index in [9.17, 15) is 4.79 Å². The maximum Gasteiger partial charge on any atom is 0.242 e. The van der Waals surface area contributed by atoms with Crippen LogP contribution in [-0.4, -0.2) is 22.4 Å². The lowest BCUT2D eigenvalue weighted by Crippen LogP contribution is -2.44. The Bertz CT molecular complexity index is 510. The topological polar surface area (TPSA) is 61.0 Å². The molecule has 0 aliphatic carbocycles. The zero-order valence-corrected chi connectivity index (χ0v) is 11.7. The molecule has 5 heteroatoms. The number of H-pyrrole nitrogens is 1. The smallest absolute Gasteiger partial charge is 0.242 e. The van der Waals surface area contributed by atoms with Crippen molar-refractivity contribution in [3.63, 3.8) is 0 Å². The second-order valence-corrected chi connectivity index (χ2v) is 4.62. The predicted molar refractivity (Wildman–Crippen MR) is 79.1 cm³/mol. The summed E-state index contributed by atoms with van der Waals surface area (Å²) < 4.78 is 0. The van der Waals surface area contributed by atoms with E-state index in [4.69, 9.17) is 0 Å². The quantitative estimate of drug-likeness (QED) is 0.760. The van der Waals surface area contributed by atoms with Gasteiger partial charge in [0.2, 0.25) is 11.9 Å². The van der Waals surface area contributed by atoms with Gasteiger partial charge >= 0.3 is 0 Å². The van der Waals surface area contributed by atoms with E-state index in [1.165, 1.54) is 0 Å². The highest BCUT2D eigenvalue weighted by atomic mass is 16.2. The fraction of sp³-hybridized carbons (Fsp3) is 0.333. The third kappa shape index (κ3) is 4.12. The Morgan fingerprint density at radius 2 is 2.15 bits per heavy atom. The van der Waals surface area contributed by atoms with E-state index in [0.717, 1.165) is 24.9 Å². The number of carbonyl (C=O) groups excluding carboxylic acids is 1. The van der Waals surface area contributed by atoms with Crippen molar-refractivity contribution in [2.24, 2.45) is 0 Å². The van der Waals surface area contributed by atoms with Crippen molar-refractivity contribution < 1.29 is 4.79 Å². The molecule has 2 rings (SSSR count). The summed E-state index contributed by atoms with van der Waals surface area (Å²) in [6.45, 7) is 2.86. The van der Waals surface area contributed by atoms with Gasteiger partial charge < -0.3 is 4.98 Å². The summed E-state index contributed by atoms with van der Waals surface area (Å²) in [6, 6.07) is 9.71. The summed E-state index contributed by atoms with van der Waals surface area (Å²) in [5, 5.41) is 1.77. The number of hydrazine groups is 1. The van der Waals surface area contributed by atoms with Crippen molar-refractivity contribution in [1.82, 2.24) is 15.4 Å². The van der Waals surface area contributed by atoms with Gasteiger partial charge in [0.25, 0.3) is 0 Å². The van der Waals surface area contributed by atoms with E-state index in [2.05, 4.69) is 22.3 Å². The van der Waals surface area contributed by atoms with Crippen LogP contribution in [0, 0.1) is 0 Å². The molecule has 1 amide bonds. The molecule has 0 fully saturated rings. The zero-order valence-electron chi connectivity index (χ0n) is 11.7. The molecule has 0 bridgehead atoms. The van der Waals surface area contributed by atoms with Crippen LogP contribution in [0.2, 0.25) is 0 Å². The number of carbonyl (C=O) groups is 1. The zero-order chi connectivity index (χ0) is 14.2. The van der Waals surface area contributed by atoms with E-state index in [0.29, 0.717) is 12.4 Å². The first kappa shape index (κ1) is 14.1. The largest absolute Gasteiger partial charge is 0.330 e. The lowest BCUT2D eigenvalue weighted by molar-refractivity contribution is -0.120. The number of nitrogens with zero attached hydrogens (tertiary/aromatic N) is 2. The number of amides is 1. The second-order valence-electron chi connectivity index (χ2n) is 4.62. The Labute approximate surface area is 119 Å². The molecule has 2 aromatic rings. The SMILES string of the molecule is CCCCN(NC(=O)Cc1ccccc1)c1ncc[nH]1. The summed E-state index contributed by atoms with van der Waals surface area (Å²) in [6.07, 6.45) is 5.84. The average molecular weight is 272 g/mol. The number of hydrogen-bond acceptors (Lipinski definition) is 3. The average Bonchev–Trinajstić information content (AvgIpc) is 2.98. The van der Waals surface area contributed by atoms with Crippen LogP contribution >= 0.6 is 0 Å². The monoisotopic (exact) mass is 272 g/mol. The number of imidazole rings is 1. The van der Waals surface area contributed by atoms with Gasteiger partial charge in [-0.3, -0.25) is 15.2 Å². The third-order valence-electron chi connectivity index (χ3n) is 2.94. The molecular formula is C15H20N4O. The molecule has 5 nitrogen and oxygen atoms in total. The Balaban J connectivity index is 1.95. The summed E-state index contributed by atoms with van der Waals surface area (Å²) in [5.74, 6) is 0.628. The fourth-order valence-electron chi connectivity index (χ4n) is 1.91. The lowest BCUT2D eigenvalue weighted by atomic mass is 10.1. The van der Waals surface area contributed by atoms with Crippen molar-refractivity contribution >= 4 is 11.9 Å². The number of unbranched alkanes of at least 4 members (excludes halogenated alkanes) is 1. The molecule has 0 radical (unpaired) electrons. The first-order valence-corrected chi connectivity index (χ1v) is 6.90. The van der Waals surface area contributed by atoms with Gasteiger partial charge in [0.05, 0.1) is 6.42 Å². The minimum Gasteiger partial charge on any atom is -0.330 e. The molecule has 106 valence electrons. The first-order valence-electron chi connectivity index (χ1n) is 6.90. The van der Waals surface area contributed by atoms with Crippen LogP contribution in [0.5, 0.6) is 0 Å². The highest BCUT2D eigenvalue weighted by Gasteiger charge is 2.12. The van der Waals surface area contributed by atoms with Gasteiger partial charge in [-0.25, -0.2) is 4.98 Å². The number of benzene rings is 1. The standard InChI is InChI=1S/C15H20N4O/c1-2-3-11-19(15-16-9-10-17-15)18-14(20)12-13-7-5-4-6-8-13/h4-10H,2-3,11-12H2,1H3,(H,16,17)(H,18,20). The summed E-state index contributed by atoms with van der Waals surface area (Å²) in [7, 11) is 0. The maximum absolute atomic E-state index is 12.1. The van der Waals surface area contributed by atoms with Crippen LogP contribution in [0.25, 0.3) is 0 Å². The number of aromatic amines is 1. The summed E-state index contributed by atoms with van der Waals surface area (Å²) in [4.78, 5) is 19.3. The van der Waals surface area contributed by atoms with E-state index >= 15 is 0 Å². The highest BCUT2D eigenvalue weighted by Crippen LogP contribution is 2.06. The van der Waals surface area contributed by atoms with Gasteiger partial charge in [-0.15, -0.1) is 0 Å². The molecule has 1 heterocycles. The van der Waals surface area contributed by atoms with Gasteiger partial charge in [0, 0.05) is 18.9 Å². The molecule has 20 heavy (non-hydrogen) atoms. The van der Waals surface area contributed by atoms with Crippen molar-refractivity contribution in [3.05, 3.63) is 48.3 Å². The highest BCUT2D eigenvalue weighted by molar-refractivity contribution is 5.79. The van der Waals surface area contributed by atoms with Crippen LogP contribution in [0.1, 0.15) is 25.3 Å². The van der Waals surface area contributed by atoms with Crippen LogP contribution in [0.4, 0.5) is 5.95 Å². The predicted octanol–water partition coefficient (Wildman–Crippen LogP) is 2.29. The third-order valence-corrected chi connectivity index (χ3v) is 2.94. The Morgan fingerprint density at radius 3 is 2.80 bits per heavy atom. The lowest BCUT2D eigenvalue weighted by Gasteiger charge is -2.22. The normalized spacial score (nSPS) is 10.2. The molecule has 2 N–H and O–H groups in total. The second kappa shape index (κ2) is 7.33. The number of aromatic nitrogens is 2. The van der Waals surface area contributed by atoms with Gasteiger partial charge in [-0.2, -0.15) is 0 Å². The van der Waals surface area contributed by atoms with Crippen LogP contribution in [0.15, 0.2) is 42.7 Å². The number of nitrogens with one attached hydrogen (secondary N) is 2. The molecule has 1 aromatic carbocycles. The van der Waals surface area contributed by atoms with Gasteiger partial charge in [-0.05, 0) is 12.0 Å². The van der Waals surface area contributed by atoms with Gasteiger partial charge in [0.1, 0.15) is 0 Å². The summed E-state index contributed by atoms with van der Waals surface area (Å²) in [5.41, 5.74) is 3.90. The van der Waals surface area contributed by atoms with E-state index in [1.807, 2.05) is 30.3 Å². The van der Waals surface area contributed by atoms with Crippen molar-refractivity contribution in [2.75, 3.05) is 11.6 Å². The maximum atomic E-state index is 12.1. The molecule has 0 atom stereocenters. The molecule has 0 spiro atoms. The number of rotatable bonds is 7. The van der Waals surface area contributed by atoms with Crippen molar-refractivity contribution in [1.29, 1.82) is 0 Å². The van der Waals surface area contributed by atoms with Crippen molar-refractivity contribution in [2.45, 2.75) is 26.2 Å². The fourth-order valence-corrected chi connectivity index (χ4v) is 1.91.